The third-order valence-corrected chi connectivity index (χ3v) is 1.75. The average Bonchev–Trinajstić information content (AvgIpc) is 2.01. The Morgan fingerprint density at radius 2 is 2.21 bits per heavy atom. The number of hydrogen-bond acceptors (Lipinski definition) is 5. The lowest BCUT2D eigenvalue weighted by atomic mass is 10.4. The van der Waals surface area contributed by atoms with Crippen LogP contribution in [0.25, 0.3) is 0 Å². The first-order chi connectivity index (χ1) is 6.37. The molecule has 0 aliphatic rings. The maximum atomic E-state index is 10.9. The van der Waals surface area contributed by atoms with Gasteiger partial charge in [0.25, 0.3) is 10.1 Å². The fourth-order valence-electron chi connectivity index (χ4n) is 0.575. The minimum absolute atomic E-state index is 0.0326. The van der Waals surface area contributed by atoms with Crippen LogP contribution in [0, 0.1) is 11.3 Å². The number of hydrogen-bond donors (Lipinski definition) is 1. The van der Waals surface area contributed by atoms with Crippen LogP contribution in [0.1, 0.15) is 13.3 Å². The molecule has 6 nitrogen and oxygen atoms in total. The minimum Gasteiger partial charge on any atom is -0.461 e. The molecule has 78 valence electrons. The molecule has 0 saturated heterocycles. The summed E-state index contributed by atoms with van der Waals surface area (Å²) in [7, 11) is -4.33. The van der Waals surface area contributed by atoms with Crippen molar-refractivity contribution in [2.24, 2.45) is 0 Å². The fourth-order valence-corrected chi connectivity index (χ4v) is 1.12. The summed E-state index contributed by atoms with van der Waals surface area (Å²) in [6.45, 7) is 1.08. The summed E-state index contributed by atoms with van der Waals surface area (Å²) in [6.07, 6.45) is 0.0326. The predicted octanol–water partition coefficient (Wildman–Crippen LogP) is 0.235. The van der Waals surface area contributed by atoms with Crippen LogP contribution < -0.4 is 0 Å². The number of nitriles is 1. The van der Waals surface area contributed by atoms with Gasteiger partial charge in [-0.2, -0.15) is 13.7 Å². The summed E-state index contributed by atoms with van der Waals surface area (Å²) in [5.74, 6) is -0.877. The Labute approximate surface area is 81.5 Å². The zero-order valence-electron chi connectivity index (χ0n) is 7.43. The van der Waals surface area contributed by atoms with E-state index in [2.05, 4.69) is 4.74 Å². The largest absolute Gasteiger partial charge is 0.461 e. The highest BCUT2D eigenvalue weighted by Gasteiger charge is 2.09. The average molecular weight is 219 g/mol. The van der Waals surface area contributed by atoms with Gasteiger partial charge in [-0.25, -0.2) is 4.79 Å². The van der Waals surface area contributed by atoms with Crippen molar-refractivity contribution in [3.8, 4) is 6.07 Å². The van der Waals surface area contributed by atoms with Crippen molar-refractivity contribution in [1.29, 1.82) is 5.26 Å². The molecule has 0 aromatic heterocycles. The molecule has 0 aliphatic heterocycles. The van der Waals surface area contributed by atoms with Crippen LogP contribution in [0.15, 0.2) is 11.0 Å². The molecule has 0 aromatic carbocycles. The molecule has 0 radical (unpaired) electrons. The predicted molar refractivity (Wildman–Crippen MR) is 46.5 cm³/mol. The van der Waals surface area contributed by atoms with Gasteiger partial charge in [0, 0.05) is 5.57 Å². The van der Waals surface area contributed by atoms with Gasteiger partial charge in [0.2, 0.25) is 0 Å². The Bertz CT molecular complexity index is 375. The monoisotopic (exact) mass is 219 g/mol. The van der Waals surface area contributed by atoms with Crippen molar-refractivity contribution in [1.82, 2.24) is 0 Å². The van der Waals surface area contributed by atoms with Gasteiger partial charge in [0.1, 0.15) is 6.61 Å². The lowest BCUT2D eigenvalue weighted by molar-refractivity contribution is -0.138. The molecular weight excluding hydrogens is 210 g/mol. The SMILES string of the molecule is CC(=CS(=O)(=O)O)C(=O)OCCC#N. The van der Waals surface area contributed by atoms with Crippen LogP contribution in [0.5, 0.6) is 0 Å². The van der Waals surface area contributed by atoms with E-state index in [1.807, 2.05) is 0 Å². The van der Waals surface area contributed by atoms with E-state index >= 15 is 0 Å². The summed E-state index contributed by atoms with van der Waals surface area (Å²) in [6, 6.07) is 1.75. The standard InChI is InChI=1S/C7H9NO5S/c1-6(5-14(10,11)12)7(9)13-4-2-3-8/h5H,2,4H2,1H3,(H,10,11,12). The first kappa shape index (κ1) is 12.6. The van der Waals surface area contributed by atoms with Crippen molar-refractivity contribution in [2.45, 2.75) is 13.3 Å². The Morgan fingerprint density at radius 3 is 2.64 bits per heavy atom. The second kappa shape index (κ2) is 5.36. The number of rotatable bonds is 4. The van der Waals surface area contributed by atoms with Gasteiger partial charge >= 0.3 is 5.97 Å². The molecule has 0 aliphatic carbocycles. The van der Waals surface area contributed by atoms with E-state index in [-0.39, 0.29) is 18.6 Å². The molecule has 7 heteroatoms. The zero-order valence-corrected chi connectivity index (χ0v) is 8.24. The number of nitrogens with zero attached hydrogens (tertiary/aromatic N) is 1. The first-order valence-corrected chi connectivity index (χ1v) is 5.07. The minimum atomic E-state index is -4.33. The molecule has 0 atom stereocenters. The van der Waals surface area contributed by atoms with Crippen molar-refractivity contribution in [3.63, 3.8) is 0 Å². The molecule has 0 amide bonds. The Kier molecular flexibility index (Phi) is 4.83. The van der Waals surface area contributed by atoms with Crippen LogP contribution in [-0.4, -0.2) is 25.5 Å². The summed E-state index contributed by atoms with van der Waals surface area (Å²) < 4.78 is 33.4. The zero-order chi connectivity index (χ0) is 11.2. The number of ether oxygens (including phenoxy) is 1. The van der Waals surface area contributed by atoms with Gasteiger partial charge in [-0.05, 0) is 6.92 Å². The van der Waals surface area contributed by atoms with Crippen LogP contribution in [-0.2, 0) is 19.6 Å². The van der Waals surface area contributed by atoms with Crippen LogP contribution >= 0.6 is 0 Å². The summed E-state index contributed by atoms with van der Waals surface area (Å²) in [4.78, 5) is 10.9. The molecule has 0 rings (SSSR count). The Balaban J connectivity index is 4.29. The van der Waals surface area contributed by atoms with E-state index in [0.29, 0.717) is 5.41 Å². The van der Waals surface area contributed by atoms with E-state index in [1.165, 1.54) is 6.92 Å². The third kappa shape index (κ3) is 6.16. The molecule has 0 heterocycles. The molecule has 0 fully saturated rings. The van der Waals surface area contributed by atoms with Gasteiger partial charge in [-0.15, -0.1) is 0 Å². The maximum Gasteiger partial charge on any atom is 0.334 e. The van der Waals surface area contributed by atoms with E-state index in [4.69, 9.17) is 9.81 Å². The number of carbonyl (C=O) groups is 1. The molecule has 0 saturated carbocycles. The van der Waals surface area contributed by atoms with Crippen LogP contribution in [0.4, 0.5) is 0 Å². The van der Waals surface area contributed by atoms with Crippen LogP contribution in [0.2, 0.25) is 0 Å². The van der Waals surface area contributed by atoms with Gasteiger partial charge in [0.15, 0.2) is 0 Å². The quantitative estimate of drug-likeness (QED) is 0.314. The molecule has 0 unspecified atom stereocenters. The van der Waals surface area contributed by atoms with Gasteiger partial charge in [0.05, 0.1) is 17.9 Å². The van der Waals surface area contributed by atoms with Crippen molar-refractivity contribution in [3.05, 3.63) is 11.0 Å². The smallest absolute Gasteiger partial charge is 0.334 e. The number of carbonyl (C=O) groups excluding carboxylic acids is 1. The highest BCUT2D eigenvalue weighted by molar-refractivity contribution is 7.88. The normalized spacial score (nSPS) is 11.9. The summed E-state index contributed by atoms with van der Waals surface area (Å²) >= 11 is 0. The molecule has 0 aromatic rings. The molecule has 0 bridgehead atoms. The topological polar surface area (TPSA) is 104 Å². The van der Waals surface area contributed by atoms with Crippen molar-refractivity contribution < 1.29 is 22.5 Å². The molecule has 1 N–H and O–H groups in total. The Hall–Kier alpha value is -1.39. The van der Waals surface area contributed by atoms with E-state index in [0.717, 1.165) is 0 Å². The maximum absolute atomic E-state index is 10.9. The highest BCUT2D eigenvalue weighted by Crippen LogP contribution is 2.00. The molecule has 0 spiro atoms. The van der Waals surface area contributed by atoms with E-state index in [9.17, 15) is 13.2 Å². The Morgan fingerprint density at radius 1 is 1.64 bits per heavy atom. The lowest BCUT2D eigenvalue weighted by Gasteiger charge is -2.00. The first-order valence-electron chi connectivity index (χ1n) is 3.56. The second-order valence-corrected chi connectivity index (χ2v) is 3.63. The van der Waals surface area contributed by atoms with E-state index in [1.54, 1.807) is 6.07 Å². The molecular formula is C7H9NO5S. The van der Waals surface area contributed by atoms with Crippen molar-refractivity contribution in [2.75, 3.05) is 6.61 Å². The fraction of sp³-hybridized carbons (Fsp3) is 0.429. The van der Waals surface area contributed by atoms with Gasteiger partial charge in [-0.3, -0.25) is 4.55 Å². The number of esters is 1. The van der Waals surface area contributed by atoms with Gasteiger partial charge in [-0.1, -0.05) is 0 Å². The van der Waals surface area contributed by atoms with Crippen molar-refractivity contribution >= 4 is 16.1 Å². The summed E-state index contributed by atoms with van der Waals surface area (Å²) in [5, 5.41) is 8.50. The summed E-state index contributed by atoms with van der Waals surface area (Å²) in [5.41, 5.74) is -0.245. The third-order valence-electron chi connectivity index (χ3n) is 1.09. The van der Waals surface area contributed by atoms with E-state index < -0.39 is 16.1 Å². The molecule has 14 heavy (non-hydrogen) atoms. The van der Waals surface area contributed by atoms with Crippen LogP contribution in [0.3, 0.4) is 0 Å². The lowest BCUT2D eigenvalue weighted by Crippen LogP contribution is -2.08. The second-order valence-electron chi connectivity index (χ2n) is 2.36. The highest BCUT2D eigenvalue weighted by atomic mass is 32.2. The van der Waals surface area contributed by atoms with Gasteiger partial charge < -0.3 is 4.74 Å².